The van der Waals surface area contributed by atoms with Gasteiger partial charge in [-0.05, 0) is 45.6 Å². The maximum absolute atomic E-state index is 5.91. The molecule has 2 atom stereocenters. The van der Waals surface area contributed by atoms with Crippen molar-refractivity contribution in [1.82, 2.24) is 5.32 Å². The van der Waals surface area contributed by atoms with Crippen molar-refractivity contribution in [2.24, 2.45) is 5.92 Å². The molecule has 0 aromatic rings. The lowest BCUT2D eigenvalue weighted by molar-refractivity contribution is 0.0126. The molecule has 1 aliphatic rings. The number of nitrogens with one attached hydrogen (secondary N) is 1. The quantitative estimate of drug-likeness (QED) is 0.701. The normalized spacial score (nSPS) is 20.7. The molecule has 0 spiro atoms. The van der Waals surface area contributed by atoms with Gasteiger partial charge in [0.2, 0.25) is 0 Å². The van der Waals surface area contributed by atoms with Gasteiger partial charge >= 0.3 is 0 Å². The third-order valence-electron chi connectivity index (χ3n) is 3.38. The average Bonchev–Trinajstić information content (AvgIpc) is 2.30. The summed E-state index contributed by atoms with van der Waals surface area (Å²) in [5, 5.41) is 3.44. The van der Waals surface area contributed by atoms with Gasteiger partial charge in [-0.3, -0.25) is 0 Å². The van der Waals surface area contributed by atoms with E-state index in [1.807, 2.05) is 0 Å². The Kier molecular flexibility index (Phi) is 6.07. The van der Waals surface area contributed by atoms with E-state index in [-0.39, 0.29) is 0 Å². The van der Waals surface area contributed by atoms with E-state index in [1.54, 1.807) is 5.57 Å². The van der Waals surface area contributed by atoms with Crippen molar-refractivity contribution >= 4 is 0 Å². The van der Waals surface area contributed by atoms with Crippen molar-refractivity contribution in [2.75, 3.05) is 13.7 Å². The first-order valence-electron chi connectivity index (χ1n) is 6.68. The Morgan fingerprint density at radius 3 is 2.56 bits per heavy atom. The molecule has 0 bridgehead atoms. The van der Waals surface area contributed by atoms with E-state index in [0.717, 1.165) is 6.61 Å². The standard InChI is InChI=1S/C14H27NO/c1-5-16-14(11(2)3)13(15-4)12-9-7-6-8-10-12/h9,11,13-15H,5-8,10H2,1-4H3. The van der Waals surface area contributed by atoms with Crippen LogP contribution >= 0.6 is 0 Å². The minimum atomic E-state index is 0.305. The second-order valence-electron chi connectivity index (χ2n) is 4.96. The van der Waals surface area contributed by atoms with Gasteiger partial charge < -0.3 is 10.1 Å². The van der Waals surface area contributed by atoms with E-state index >= 15 is 0 Å². The van der Waals surface area contributed by atoms with Gasteiger partial charge in [-0.1, -0.05) is 25.5 Å². The largest absolute Gasteiger partial charge is 0.376 e. The molecule has 0 amide bonds. The molecule has 2 unspecified atom stereocenters. The average molecular weight is 225 g/mol. The topological polar surface area (TPSA) is 21.3 Å². The number of rotatable bonds is 6. The molecule has 0 saturated heterocycles. The van der Waals surface area contributed by atoms with Crippen LogP contribution in [0.3, 0.4) is 0 Å². The van der Waals surface area contributed by atoms with Gasteiger partial charge in [0.15, 0.2) is 0 Å². The Bertz CT molecular complexity index is 223. The molecule has 1 aliphatic carbocycles. The fourth-order valence-corrected chi connectivity index (χ4v) is 2.57. The molecule has 0 aromatic heterocycles. The molecular weight excluding hydrogens is 198 g/mol. The smallest absolute Gasteiger partial charge is 0.0789 e. The summed E-state index contributed by atoms with van der Waals surface area (Å²) >= 11 is 0. The molecule has 0 aliphatic heterocycles. The lowest BCUT2D eigenvalue weighted by atomic mass is 9.87. The molecule has 1 rings (SSSR count). The van der Waals surface area contributed by atoms with Crippen LogP contribution in [0.25, 0.3) is 0 Å². The van der Waals surface area contributed by atoms with Crippen LogP contribution in [-0.2, 0) is 4.74 Å². The Labute approximate surface area is 100 Å². The number of likely N-dealkylation sites (N-methyl/N-ethyl adjacent to an activating group) is 1. The summed E-state index contributed by atoms with van der Waals surface area (Å²) in [6, 6.07) is 0.403. The first-order chi connectivity index (χ1) is 7.70. The number of allylic oxidation sites excluding steroid dienone is 1. The highest BCUT2D eigenvalue weighted by Gasteiger charge is 2.27. The van der Waals surface area contributed by atoms with Gasteiger partial charge in [0, 0.05) is 6.61 Å². The van der Waals surface area contributed by atoms with E-state index < -0.39 is 0 Å². The minimum Gasteiger partial charge on any atom is -0.376 e. The Hall–Kier alpha value is -0.340. The summed E-state index contributed by atoms with van der Waals surface area (Å²) in [4.78, 5) is 0. The summed E-state index contributed by atoms with van der Waals surface area (Å²) < 4.78 is 5.91. The third-order valence-corrected chi connectivity index (χ3v) is 3.38. The van der Waals surface area contributed by atoms with Gasteiger partial charge in [-0.15, -0.1) is 0 Å². The summed E-state index contributed by atoms with van der Waals surface area (Å²) in [5.74, 6) is 0.556. The fraction of sp³-hybridized carbons (Fsp3) is 0.857. The van der Waals surface area contributed by atoms with E-state index in [9.17, 15) is 0 Å². The predicted octanol–water partition coefficient (Wildman–Crippen LogP) is 3.14. The first kappa shape index (κ1) is 13.7. The maximum atomic E-state index is 5.91. The molecule has 0 aromatic carbocycles. The first-order valence-corrected chi connectivity index (χ1v) is 6.68. The molecule has 0 saturated carbocycles. The van der Waals surface area contributed by atoms with Crippen LogP contribution < -0.4 is 5.32 Å². The summed E-state index contributed by atoms with van der Waals surface area (Å²) in [6.45, 7) is 7.37. The van der Waals surface area contributed by atoms with Crippen LogP contribution in [0.4, 0.5) is 0 Å². The Morgan fingerprint density at radius 1 is 1.38 bits per heavy atom. The fourth-order valence-electron chi connectivity index (χ4n) is 2.57. The Balaban J connectivity index is 2.72. The highest BCUT2D eigenvalue weighted by molar-refractivity contribution is 5.15. The van der Waals surface area contributed by atoms with E-state index in [4.69, 9.17) is 4.74 Å². The van der Waals surface area contributed by atoms with E-state index in [0.29, 0.717) is 18.1 Å². The van der Waals surface area contributed by atoms with Crippen LogP contribution in [0, 0.1) is 5.92 Å². The van der Waals surface area contributed by atoms with Crippen molar-refractivity contribution in [3.8, 4) is 0 Å². The molecule has 0 heterocycles. The van der Waals surface area contributed by atoms with E-state index in [1.165, 1.54) is 25.7 Å². The SMILES string of the molecule is CCOC(C(C)C)C(NC)C1=CCCCC1. The number of hydrogen-bond donors (Lipinski definition) is 1. The predicted molar refractivity (Wildman–Crippen MR) is 69.7 cm³/mol. The van der Waals surface area contributed by atoms with Crippen LogP contribution in [-0.4, -0.2) is 25.8 Å². The second kappa shape index (κ2) is 7.08. The lowest BCUT2D eigenvalue weighted by Gasteiger charge is -2.33. The minimum absolute atomic E-state index is 0.305. The van der Waals surface area contributed by atoms with Gasteiger partial charge in [0.25, 0.3) is 0 Å². The Morgan fingerprint density at radius 2 is 2.12 bits per heavy atom. The zero-order valence-electron chi connectivity index (χ0n) is 11.3. The van der Waals surface area contributed by atoms with Crippen molar-refractivity contribution in [2.45, 2.75) is 58.6 Å². The molecule has 0 fully saturated rings. The number of hydrogen-bond acceptors (Lipinski definition) is 2. The van der Waals surface area contributed by atoms with Crippen LogP contribution in [0.5, 0.6) is 0 Å². The molecule has 16 heavy (non-hydrogen) atoms. The molecule has 94 valence electrons. The van der Waals surface area contributed by atoms with Crippen LogP contribution in [0.1, 0.15) is 46.5 Å². The molecule has 2 heteroatoms. The van der Waals surface area contributed by atoms with Crippen LogP contribution in [0.2, 0.25) is 0 Å². The van der Waals surface area contributed by atoms with Crippen molar-refractivity contribution in [3.63, 3.8) is 0 Å². The summed E-state index contributed by atoms with van der Waals surface area (Å²) in [5.41, 5.74) is 1.56. The van der Waals surface area contributed by atoms with E-state index in [2.05, 4.69) is 39.2 Å². The molecule has 2 nitrogen and oxygen atoms in total. The number of ether oxygens (including phenoxy) is 1. The second-order valence-corrected chi connectivity index (χ2v) is 4.96. The zero-order valence-corrected chi connectivity index (χ0v) is 11.3. The van der Waals surface area contributed by atoms with Crippen molar-refractivity contribution in [3.05, 3.63) is 11.6 Å². The molecule has 0 radical (unpaired) electrons. The van der Waals surface area contributed by atoms with Gasteiger partial charge in [0.05, 0.1) is 12.1 Å². The highest BCUT2D eigenvalue weighted by atomic mass is 16.5. The molecular formula is C14H27NO. The third kappa shape index (κ3) is 3.60. The lowest BCUT2D eigenvalue weighted by Crippen LogP contribution is -2.44. The summed E-state index contributed by atoms with van der Waals surface area (Å²) in [6.07, 6.45) is 7.88. The van der Waals surface area contributed by atoms with Gasteiger partial charge in [-0.25, -0.2) is 0 Å². The van der Waals surface area contributed by atoms with Crippen molar-refractivity contribution in [1.29, 1.82) is 0 Å². The van der Waals surface area contributed by atoms with Gasteiger partial charge in [0.1, 0.15) is 0 Å². The summed E-state index contributed by atoms with van der Waals surface area (Å²) in [7, 11) is 2.05. The molecule has 1 N–H and O–H groups in total. The maximum Gasteiger partial charge on any atom is 0.0789 e. The highest BCUT2D eigenvalue weighted by Crippen LogP contribution is 2.25. The zero-order chi connectivity index (χ0) is 12.0. The van der Waals surface area contributed by atoms with Gasteiger partial charge in [-0.2, -0.15) is 0 Å². The van der Waals surface area contributed by atoms with Crippen LogP contribution in [0.15, 0.2) is 11.6 Å². The monoisotopic (exact) mass is 225 g/mol. The van der Waals surface area contributed by atoms with Crippen molar-refractivity contribution < 1.29 is 4.74 Å².